The second kappa shape index (κ2) is 7.14. The lowest BCUT2D eigenvalue weighted by molar-refractivity contribution is -0.142. The Morgan fingerprint density at radius 3 is 3.00 bits per heavy atom. The van der Waals surface area contributed by atoms with Gasteiger partial charge in [-0.15, -0.1) is 5.10 Å². The second-order valence-corrected chi connectivity index (χ2v) is 6.61. The molecule has 24 heavy (non-hydrogen) atoms. The van der Waals surface area contributed by atoms with Crippen LogP contribution >= 0.6 is 23.4 Å². The summed E-state index contributed by atoms with van der Waals surface area (Å²) < 4.78 is 6.60. The third-order valence-corrected chi connectivity index (χ3v) is 4.47. The molecule has 0 bridgehead atoms. The monoisotopic (exact) mass is 363 g/mol. The Labute approximate surface area is 147 Å². The number of carbonyl (C=O) groups excluding carboxylic acids is 1. The number of ether oxygens (including phenoxy) is 1. The van der Waals surface area contributed by atoms with Crippen LogP contribution in [0.1, 0.15) is 13.8 Å². The van der Waals surface area contributed by atoms with E-state index in [-0.39, 0.29) is 5.97 Å². The molecule has 0 fully saturated rings. The first-order valence-corrected chi connectivity index (χ1v) is 8.51. The van der Waals surface area contributed by atoms with Crippen LogP contribution in [0.4, 0.5) is 0 Å². The molecule has 9 heteroatoms. The maximum Gasteiger partial charge on any atom is 0.319 e. The molecule has 3 aromatic rings. The number of halogens is 1. The highest BCUT2D eigenvalue weighted by Gasteiger charge is 2.20. The smallest absolute Gasteiger partial charge is 0.319 e. The summed E-state index contributed by atoms with van der Waals surface area (Å²) in [5, 5.41) is 9.05. The molecule has 3 rings (SSSR count). The number of hydrogen-bond donors (Lipinski definition) is 0. The Balaban J connectivity index is 1.96. The van der Waals surface area contributed by atoms with Crippen LogP contribution in [0.3, 0.4) is 0 Å². The molecule has 0 aliphatic carbocycles. The summed E-state index contributed by atoms with van der Waals surface area (Å²) in [6.07, 6.45) is 1.42. The SMILES string of the molecule is CCOC(=O)C(C)Sc1ncnc2c1nnn2-c1cccc(Cl)c1. The van der Waals surface area contributed by atoms with Crippen molar-refractivity contribution >= 4 is 40.5 Å². The number of esters is 1. The summed E-state index contributed by atoms with van der Waals surface area (Å²) >= 11 is 7.29. The summed E-state index contributed by atoms with van der Waals surface area (Å²) in [5.41, 5.74) is 1.82. The Morgan fingerprint density at radius 2 is 2.25 bits per heavy atom. The topological polar surface area (TPSA) is 82.8 Å². The van der Waals surface area contributed by atoms with E-state index in [1.807, 2.05) is 12.1 Å². The number of hydrogen-bond acceptors (Lipinski definition) is 7. The van der Waals surface area contributed by atoms with E-state index in [2.05, 4.69) is 20.3 Å². The Bertz CT molecular complexity index is 885. The Kier molecular flexibility index (Phi) is 4.96. The van der Waals surface area contributed by atoms with Gasteiger partial charge in [-0.3, -0.25) is 4.79 Å². The minimum absolute atomic E-state index is 0.295. The zero-order chi connectivity index (χ0) is 17.1. The van der Waals surface area contributed by atoms with Crippen LogP contribution in [0.2, 0.25) is 5.02 Å². The van der Waals surface area contributed by atoms with Gasteiger partial charge in [-0.1, -0.05) is 34.6 Å². The van der Waals surface area contributed by atoms with Crippen molar-refractivity contribution in [2.75, 3.05) is 6.61 Å². The first-order valence-electron chi connectivity index (χ1n) is 7.25. The maximum atomic E-state index is 11.8. The largest absolute Gasteiger partial charge is 0.465 e. The van der Waals surface area contributed by atoms with E-state index in [0.29, 0.717) is 27.8 Å². The average molecular weight is 364 g/mol. The van der Waals surface area contributed by atoms with Gasteiger partial charge in [-0.05, 0) is 32.0 Å². The summed E-state index contributed by atoms with van der Waals surface area (Å²) in [4.78, 5) is 20.3. The van der Waals surface area contributed by atoms with Gasteiger partial charge in [0.15, 0.2) is 11.2 Å². The van der Waals surface area contributed by atoms with Gasteiger partial charge in [0.2, 0.25) is 0 Å². The van der Waals surface area contributed by atoms with Crippen molar-refractivity contribution in [1.82, 2.24) is 25.0 Å². The average Bonchev–Trinajstić information content (AvgIpc) is 3.00. The highest BCUT2D eigenvalue weighted by atomic mass is 35.5. The van der Waals surface area contributed by atoms with Crippen molar-refractivity contribution in [1.29, 1.82) is 0 Å². The highest BCUT2D eigenvalue weighted by Crippen LogP contribution is 2.28. The first-order chi connectivity index (χ1) is 11.6. The molecule has 7 nitrogen and oxygen atoms in total. The predicted octanol–water partition coefficient (Wildman–Crippen LogP) is 2.91. The predicted molar refractivity (Wildman–Crippen MR) is 91.4 cm³/mol. The molecule has 2 aromatic heterocycles. The molecule has 0 amide bonds. The number of aromatic nitrogens is 5. The zero-order valence-electron chi connectivity index (χ0n) is 13.0. The van der Waals surface area contributed by atoms with Crippen LogP contribution in [0.5, 0.6) is 0 Å². The van der Waals surface area contributed by atoms with Crippen LogP contribution in [0.25, 0.3) is 16.9 Å². The fourth-order valence-corrected chi connectivity index (χ4v) is 3.11. The summed E-state index contributed by atoms with van der Waals surface area (Å²) in [6.45, 7) is 3.88. The second-order valence-electron chi connectivity index (χ2n) is 4.84. The van der Waals surface area contributed by atoms with E-state index in [4.69, 9.17) is 16.3 Å². The molecule has 1 unspecified atom stereocenters. The number of carbonyl (C=O) groups is 1. The molecule has 0 spiro atoms. The quantitative estimate of drug-likeness (QED) is 0.391. The van der Waals surface area contributed by atoms with E-state index >= 15 is 0 Å². The molecular weight excluding hydrogens is 350 g/mol. The molecule has 2 heterocycles. The fraction of sp³-hybridized carbons (Fsp3) is 0.267. The van der Waals surface area contributed by atoms with Crippen molar-refractivity contribution < 1.29 is 9.53 Å². The number of fused-ring (bicyclic) bond motifs is 1. The van der Waals surface area contributed by atoms with Crippen LogP contribution in [-0.4, -0.2) is 42.8 Å². The summed E-state index contributed by atoms with van der Waals surface area (Å²) in [6, 6.07) is 7.23. The molecule has 0 saturated carbocycles. The molecular formula is C15H14ClN5O2S. The number of thioether (sulfide) groups is 1. The first kappa shape index (κ1) is 16.7. The van der Waals surface area contributed by atoms with Crippen molar-refractivity contribution in [2.24, 2.45) is 0 Å². The lowest BCUT2D eigenvalue weighted by Crippen LogP contribution is -2.16. The molecule has 1 aromatic carbocycles. The van der Waals surface area contributed by atoms with Crippen LogP contribution in [0.15, 0.2) is 35.6 Å². The van der Waals surface area contributed by atoms with Gasteiger partial charge in [0, 0.05) is 5.02 Å². The van der Waals surface area contributed by atoms with Gasteiger partial charge in [0.25, 0.3) is 0 Å². The molecule has 0 radical (unpaired) electrons. The normalized spacial score (nSPS) is 12.3. The number of rotatable bonds is 5. The van der Waals surface area contributed by atoms with E-state index in [1.54, 1.807) is 30.7 Å². The van der Waals surface area contributed by atoms with Gasteiger partial charge in [0.1, 0.15) is 16.6 Å². The minimum Gasteiger partial charge on any atom is -0.465 e. The van der Waals surface area contributed by atoms with Crippen molar-refractivity contribution in [2.45, 2.75) is 24.1 Å². The zero-order valence-corrected chi connectivity index (χ0v) is 14.6. The van der Waals surface area contributed by atoms with Crippen molar-refractivity contribution in [3.05, 3.63) is 35.6 Å². The van der Waals surface area contributed by atoms with Gasteiger partial charge >= 0.3 is 5.97 Å². The molecule has 0 saturated heterocycles. The summed E-state index contributed by atoms with van der Waals surface area (Å²) in [7, 11) is 0. The number of benzene rings is 1. The third kappa shape index (κ3) is 3.34. The van der Waals surface area contributed by atoms with Crippen molar-refractivity contribution in [3.8, 4) is 5.69 Å². The summed E-state index contributed by atoms with van der Waals surface area (Å²) in [5.74, 6) is -0.295. The van der Waals surface area contributed by atoms with Gasteiger partial charge in [-0.25, -0.2) is 9.97 Å². The van der Waals surface area contributed by atoms with E-state index in [9.17, 15) is 4.79 Å². The third-order valence-electron chi connectivity index (χ3n) is 3.16. The van der Waals surface area contributed by atoms with Gasteiger partial charge in [0.05, 0.1) is 12.3 Å². The van der Waals surface area contributed by atoms with Crippen molar-refractivity contribution in [3.63, 3.8) is 0 Å². The van der Waals surface area contributed by atoms with E-state index < -0.39 is 5.25 Å². The highest BCUT2D eigenvalue weighted by molar-refractivity contribution is 8.00. The van der Waals surface area contributed by atoms with E-state index in [0.717, 1.165) is 5.69 Å². The molecule has 0 aliphatic heterocycles. The van der Waals surface area contributed by atoms with E-state index in [1.165, 1.54) is 18.1 Å². The van der Waals surface area contributed by atoms with Crippen LogP contribution in [0, 0.1) is 0 Å². The molecule has 0 N–H and O–H groups in total. The Morgan fingerprint density at radius 1 is 1.42 bits per heavy atom. The lowest BCUT2D eigenvalue weighted by atomic mass is 10.3. The van der Waals surface area contributed by atoms with Crippen LogP contribution < -0.4 is 0 Å². The Hall–Kier alpha value is -2.19. The van der Waals surface area contributed by atoms with Crippen LogP contribution in [-0.2, 0) is 9.53 Å². The molecule has 124 valence electrons. The standard InChI is InChI=1S/C15H14ClN5O2S/c1-3-23-15(22)9(2)24-14-12-13(17-8-18-14)21(20-19-12)11-6-4-5-10(16)7-11/h4-9H,3H2,1-2H3. The lowest BCUT2D eigenvalue weighted by Gasteiger charge is -2.09. The van der Waals surface area contributed by atoms with Gasteiger partial charge < -0.3 is 4.74 Å². The molecule has 1 atom stereocenters. The van der Waals surface area contributed by atoms with Gasteiger partial charge in [-0.2, -0.15) is 4.68 Å². The number of nitrogens with zero attached hydrogens (tertiary/aromatic N) is 5. The maximum absolute atomic E-state index is 11.8. The molecule has 0 aliphatic rings. The fourth-order valence-electron chi connectivity index (χ4n) is 2.07. The minimum atomic E-state index is -0.403.